The lowest BCUT2D eigenvalue weighted by Crippen LogP contribution is -2.29. The van der Waals surface area contributed by atoms with Gasteiger partial charge in [0.15, 0.2) is 0 Å². The third-order valence-corrected chi connectivity index (χ3v) is 3.82. The Labute approximate surface area is 133 Å². The molecule has 120 valence electrons. The average Bonchev–Trinajstić information content (AvgIpc) is 3.13. The molecule has 0 fully saturated rings. The fraction of sp³-hybridized carbons (Fsp3) is 0.312. The molecule has 0 aliphatic carbocycles. The first kappa shape index (κ1) is 15.2. The zero-order valence-electron chi connectivity index (χ0n) is 12.8. The van der Waals surface area contributed by atoms with Gasteiger partial charge in [-0.3, -0.25) is 9.69 Å². The van der Waals surface area contributed by atoms with Crippen molar-refractivity contribution in [1.29, 1.82) is 0 Å². The summed E-state index contributed by atoms with van der Waals surface area (Å²) in [5.41, 5.74) is 5.67. The van der Waals surface area contributed by atoms with E-state index in [0.717, 1.165) is 43.1 Å². The number of imidazole rings is 1. The smallest absolute Gasteiger partial charge is 0.290 e. The number of rotatable bonds is 2. The van der Waals surface area contributed by atoms with Crippen LogP contribution in [0.5, 0.6) is 0 Å². The quantitative estimate of drug-likeness (QED) is 0.727. The van der Waals surface area contributed by atoms with Gasteiger partial charge >= 0.3 is 0 Å². The highest BCUT2D eigenvalue weighted by atomic mass is 16.5. The molecule has 1 aliphatic heterocycles. The van der Waals surface area contributed by atoms with E-state index in [1.807, 2.05) is 0 Å². The minimum absolute atomic E-state index is 0.250. The molecule has 0 amide bonds. The molecule has 7 heteroatoms. The predicted octanol–water partition coefficient (Wildman–Crippen LogP) is 1.89. The van der Waals surface area contributed by atoms with Crippen molar-refractivity contribution in [1.82, 2.24) is 19.4 Å². The molecule has 0 unspecified atom stereocenters. The lowest BCUT2D eigenvalue weighted by atomic mass is 10.1. The van der Waals surface area contributed by atoms with E-state index in [-0.39, 0.29) is 6.47 Å². The number of hydrogen-bond acceptors (Lipinski definition) is 5. The molecular weight excluding hydrogens is 296 g/mol. The fourth-order valence-corrected chi connectivity index (χ4v) is 2.79. The predicted molar refractivity (Wildman–Crippen MR) is 82.9 cm³/mol. The van der Waals surface area contributed by atoms with E-state index < -0.39 is 0 Å². The second-order valence-corrected chi connectivity index (χ2v) is 5.56. The Balaban J connectivity index is 0.000000485. The van der Waals surface area contributed by atoms with Crippen LogP contribution in [0.4, 0.5) is 0 Å². The summed E-state index contributed by atoms with van der Waals surface area (Å²) in [6.07, 6.45) is 6.94. The summed E-state index contributed by atoms with van der Waals surface area (Å²) >= 11 is 0. The molecule has 1 N–H and O–H groups in total. The monoisotopic (exact) mass is 314 g/mol. The Morgan fingerprint density at radius 1 is 1.39 bits per heavy atom. The van der Waals surface area contributed by atoms with E-state index in [0.29, 0.717) is 0 Å². The van der Waals surface area contributed by atoms with Gasteiger partial charge in [0.1, 0.15) is 11.9 Å². The molecule has 0 saturated heterocycles. The van der Waals surface area contributed by atoms with Crippen molar-refractivity contribution in [3.05, 3.63) is 53.3 Å². The molecule has 1 aliphatic rings. The summed E-state index contributed by atoms with van der Waals surface area (Å²) < 4.78 is 7.13. The van der Waals surface area contributed by atoms with Gasteiger partial charge in [-0.05, 0) is 18.6 Å². The van der Waals surface area contributed by atoms with Gasteiger partial charge in [0.25, 0.3) is 6.47 Å². The maximum Gasteiger partial charge on any atom is 0.290 e. The van der Waals surface area contributed by atoms with Crippen LogP contribution in [0, 0.1) is 6.92 Å². The summed E-state index contributed by atoms with van der Waals surface area (Å²) in [5.74, 6) is 0. The third-order valence-electron chi connectivity index (χ3n) is 3.82. The van der Waals surface area contributed by atoms with Crippen molar-refractivity contribution in [2.24, 2.45) is 0 Å². The molecule has 0 aromatic carbocycles. The van der Waals surface area contributed by atoms with Crippen LogP contribution in [0.25, 0.3) is 5.65 Å². The van der Waals surface area contributed by atoms with E-state index in [4.69, 9.17) is 14.4 Å². The molecular formula is C16H18N4O3. The van der Waals surface area contributed by atoms with Gasteiger partial charge in [-0.1, -0.05) is 11.2 Å². The highest BCUT2D eigenvalue weighted by molar-refractivity contribution is 5.41. The summed E-state index contributed by atoms with van der Waals surface area (Å²) in [6, 6.07) is 4.16. The molecule has 4 heterocycles. The number of carboxylic acid groups (broad SMARTS) is 1. The number of pyridine rings is 1. The van der Waals surface area contributed by atoms with E-state index >= 15 is 0 Å². The molecule has 0 radical (unpaired) electrons. The zero-order chi connectivity index (χ0) is 16.2. The van der Waals surface area contributed by atoms with E-state index in [9.17, 15) is 0 Å². The van der Waals surface area contributed by atoms with Crippen molar-refractivity contribution in [3.8, 4) is 0 Å². The van der Waals surface area contributed by atoms with Crippen molar-refractivity contribution < 1.29 is 14.4 Å². The standard InChI is InChI=1S/C15H16N4O.CH2O2/c1-11-2-3-15-16-13(9-19(15)6-11)8-18-5-4-14-12(7-18)10-20-17-14;2-1-3/h2-3,6,9-10H,4-5,7-8H2,1H3;1H,(H,2,3). The minimum Gasteiger partial charge on any atom is -0.483 e. The zero-order valence-corrected chi connectivity index (χ0v) is 12.8. The van der Waals surface area contributed by atoms with Crippen LogP contribution in [-0.4, -0.2) is 37.6 Å². The number of hydrogen-bond donors (Lipinski definition) is 1. The van der Waals surface area contributed by atoms with Crippen LogP contribution in [0.2, 0.25) is 0 Å². The minimum atomic E-state index is -0.250. The Morgan fingerprint density at radius 3 is 3.04 bits per heavy atom. The second-order valence-electron chi connectivity index (χ2n) is 5.56. The largest absolute Gasteiger partial charge is 0.483 e. The average molecular weight is 314 g/mol. The third kappa shape index (κ3) is 3.40. The normalized spacial score (nSPS) is 14.1. The van der Waals surface area contributed by atoms with Gasteiger partial charge in [-0.25, -0.2) is 4.98 Å². The SMILES string of the molecule is Cc1ccc2nc(CN3CCc4nocc4C3)cn2c1.O=CO. The number of nitrogens with zero attached hydrogens (tertiary/aromatic N) is 4. The Bertz CT molecular complexity index is 809. The van der Waals surface area contributed by atoms with Crippen molar-refractivity contribution in [2.45, 2.75) is 26.4 Å². The van der Waals surface area contributed by atoms with Crippen LogP contribution < -0.4 is 0 Å². The van der Waals surface area contributed by atoms with Gasteiger partial charge < -0.3 is 14.0 Å². The Hall–Kier alpha value is -2.67. The van der Waals surface area contributed by atoms with Crippen LogP contribution in [0.1, 0.15) is 22.5 Å². The Morgan fingerprint density at radius 2 is 2.22 bits per heavy atom. The van der Waals surface area contributed by atoms with Gasteiger partial charge in [-0.2, -0.15) is 0 Å². The molecule has 7 nitrogen and oxygen atoms in total. The lowest BCUT2D eigenvalue weighted by molar-refractivity contribution is -0.122. The molecule has 4 rings (SSSR count). The number of aromatic nitrogens is 3. The Kier molecular flexibility index (Phi) is 4.38. The molecule has 0 saturated carbocycles. The molecule has 0 spiro atoms. The van der Waals surface area contributed by atoms with E-state index in [2.05, 4.69) is 50.9 Å². The first-order chi connectivity index (χ1) is 11.2. The maximum absolute atomic E-state index is 8.36. The topological polar surface area (TPSA) is 83.9 Å². The highest BCUT2D eigenvalue weighted by Crippen LogP contribution is 2.19. The summed E-state index contributed by atoms with van der Waals surface area (Å²) in [6.45, 7) is 4.61. The first-order valence-corrected chi connectivity index (χ1v) is 7.36. The van der Waals surface area contributed by atoms with Crippen LogP contribution in [0.15, 0.2) is 35.3 Å². The first-order valence-electron chi connectivity index (χ1n) is 7.36. The van der Waals surface area contributed by atoms with Crippen molar-refractivity contribution in [3.63, 3.8) is 0 Å². The summed E-state index contributed by atoms with van der Waals surface area (Å²) in [7, 11) is 0. The van der Waals surface area contributed by atoms with Crippen molar-refractivity contribution in [2.75, 3.05) is 6.54 Å². The van der Waals surface area contributed by atoms with Gasteiger partial charge in [0.05, 0.1) is 11.4 Å². The summed E-state index contributed by atoms with van der Waals surface area (Å²) in [5, 5.41) is 10.9. The van der Waals surface area contributed by atoms with Gasteiger partial charge in [0.2, 0.25) is 0 Å². The number of fused-ring (bicyclic) bond motifs is 2. The highest BCUT2D eigenvalue weighted by Gasteiger charge is 2.20. The number of carbonyl (C=O) groups is 1. The molecule has 0 atom stereocenters. The molecule has 0 bridgehead atoms. The molecule has 3 aromatic rings. The molecule has 23 heavy (non-hydrogen) atoms. The summed E-state index contributed by atoms with van der Waals surface area (Å²) in [4.78, 5) is 15.4. The molecule has 3 aromatic heterocycles. The van der Waals surface area contributed by atoms with Gasteiger partial charge in [-0.15, -0.1) is 0 Å². The van der Waals surface area contributed by atoms with E-state index in [1.165, 1.54) is 11.1 Å². The van der Waals surface area contributed by atoms with Crippen LogP contribution >= 0.6 is 0 Å². The van der Waals surface area contributed by atoms with E-state index in [1.54, 1.807) is 6.26 Å². The van der Waals surface area contributed by atoms with Crippen molar-refractivity contribution >= 4 is 12.1 Å². The fourth-order valence-electron chi connectivity index (χ4n) is 2.79. The van der Waals surface area contributed by atoms with Crippen LogP contribution in [-0.2, 0) is 24.3 Å². The van der Waals surface area contributed by atoms with Gasteiger partial charge in [0, 0.05) is 44.0 Å². The maximum atomic E-state index is 8.36. The number of aryl methyl sites for hydroxylation is 1. The van der Waals surface area contributed by atoms with Crippen LogP contribution in [0.3, 0.4) is 0 Å². The second kappa shape index (κ2) is 6.62. The lowest BCUT2D eigenvalue weighted by Gasteiger charge is -2.24.